The molecule has 0 bridgehead atoms. The summed E-state index contributed by atoms with van der Waals surface area (Å²) in [6.45, 7) is 4.06. The molecule has 7 rings (SSSR count). The van der Waals surface area contributed by atoms with Gasteiger partial charge >= 0.3 is 0 Å². The monoisotopic (exact) mass is 508 g/mol. The van der Waals surface area contributed by atoms with Crippen molar-refractivity contribution in [2.75, 3.05) is 13.1 Å². The van der Waals surface area contributed by atoms with E-state index in [0.717, 1.165) is 76.3 Å². The first-order chi connectivity index (χ1) is 18.2. The van der Waals surface area contributed by atoms with Crippen LogP contribution in [-0.4, -0.2) is 54.3 Å². The molecule has 0 aliphatic carbocycles. The number of ether oxygens (including phenoxy) is 1. The van der Waals surface area contributed by atoms with Crippen molar-refractivity contribution >= 4 is 33.4 Å². The van der Waals surface area contributed by atoms with Gasteiger partial charge < -0.3 is 15.0 Å². The molecule has 6 aromatic heterocycles. The minimum atomic E-state index is 0.207. The summed E-state index contributed by atoms with van der Waals surface area (Å²) in [6, 6.07) is 10.3. The van der Waals surface area contributed by atoms with Gasteiger partial charge in [-0.1, -0.05) is 0 Å². The lowest BCUT2D eigenvalue weighted by Gasteiger charge is -2.23. The maximum Gasteiger partial charge on any atom is 0.160 e. The number of aromatic amines is 2. The zero-order chi connectivity index (χ0) is 24.8. The number of fused-ring (bicyclic) bond motifs is 2. The van der Waals surface area contributed by atoms with Crippen LogP contribution in [0.4, 0.5) is 0 Å². The summed E-state index contributed by atoms with van der Waals surface area (Å²) in [7, 11) is 0. The average molecular weight is 509 g/mol. The van der Waals surface area contributed by atoms with Crippen LogP contribution in [0.2, 0.25) is 0 Å². The number of hydrogen-bond donors (Lipinski definition) is 3. The average Bonchev–Trinajstić information content (AvgIpc) is 3.66. The van der Waals surface area contributed by atoms with Gasteiger partial charge in [-0.2, -0.15) is 5.10 Å². The van der Waals surface area contributed by atoms with Crippen LogP contribution in [0.15, 0.2) is 55.1 Å². The Balaban J connectivity index is 1.26. The van der Waals surface area contributed by atoms with Crippen molar-refractivity contribution < 1.29 is 4.74 Å². The van der Waals surface area contributed by atoms with Gasteiger partial charge in [0, 0.05) is 38.7 Å². The lowest BCUT2D eigenvalue weighted by atomic mass is 10.1. The maximum atomic E-state index is 6.20. The summed E-state index contributed by atoms with van der Waals surface area (Å²) in [5.74, 6) is 1.42. The van der Waals surface area contributed by atoms with E-state index < -0.39 is 0 Å². The first-order valence-electron chi connectivity index (χ1n) is 12.3. The normalized spacial score (nSPS) is 14.5. The number of nitrogens with zero attached hydrogens (tertiary/aromatic N) is 5. The molecular weight excluding hydrogens is 484 g/mol. The van der Waals surface area contributed by atoms with E-state index in [0.29, 0.717) is 5.82 Å². The Hall–Kier alpha value is -4.15. The van der Waals surface area contributed by atoms with Gasteiger partial charge in [-0.15, -0.1) is 11.3 Å². The molecule has 0 radical (unpaired) electrons. The molecule has 184 valence electrons. The van der Waals surface area contributed by atoms with Gasteiger partial charge in [-0.05, 0) is 63.2 Å². The summed E-state index contributed by atoms with van der Waals surface area (Å²) < 4.78 is 6.20. The smallest absolute Gasteiger partial charge is 0.160 e. The molecule has 0 unspecified atom stereocenters. The number of pyridine rings is 3. The number of thiophene rings is 1. The molecule has 3 N–H and O–H groups in total. The number of rotatable bonds is 5. The van der Waals surface area contributed by atoms with Crippen molar-refractivity contribution in [2.45, 2.75) is 25.9 Å². The first kappa shape index (κ1) is 22.1. The second-order valence-corrected chi connectivity index (χ2v) is 10.5. The summed E-state index contributed by atoms with van der Waals surface area (Å²) >= 11 is 1.75. The van der Waals surface area contributed by atoms with Gasteiger partial charge in [0.25, 0.3) is 0 Å². The summed E-state index contributed by atoms with van der Waals surface area (Å²) in [5.41, 5.74) is 5.86. The third kappa shape index (κ3) is 4.13. The van der Waals surface area contributed by atoms with Crippen molar-refractivity contribution in [1.29, 1.82) is 0 Å². The fourth-order valence-corrected chi connectivity index (χ4v) is 5.68. The molecule has 1 aliphatic rings. The van der Waals surface area contributed by atoms with Crippen molar-refractivity contribution in [1.82, 2.24) is 40.4 Å². The van der Waals surface area contributed by atoms with Crippen LogP contribution >= 0.6 is 11.3 Å². The fourth-order valence-electron chi connectivity index (χ4n) is 4.79. The number of imidazole rings is 1. The zero-order valence-corrected chi connectivity index (χ0v) is 21.0. The van der Waals surface area contributed by atoms with E-state index in [1.165, 1.54) is 9.75 Å². The predicted octanol–water partition coefficient (Wildman–Crippen LogP) is 5.13. The Bertz CT molecular complexity index is 1730. The Labute approximate surface area is 216 Å². The van der Waals surface area contributed by atoms with E-state index in [2.05, 4.69) is 54.5 Å². The standard InChI is InChI=1S/C27H24N8OS/c1-15-2-3-23(37-15)19-6-9-30-26-24(19)32-27(33-26)25-20-11-21(31-14-22(20)34-35-25)16-10-18(13-29-12-16)36-17-4-7-28-8-5-17/h2-3,6,9-14,17,28H,4-5,7-8H2,1H3,(H,34,35)(H,30,32,33). The zero-order valence-electron chi connectivity index (χ0n) is 20.2. The second kappa shape index (κ2) is 9.06. The van der Waals surface area contributed by atoms with Gasteiger partial charge in [0.05, 0.1) is 23.6 Å². The Kier molecular flexibility index (Phi) is 5.40. The van der Waals surface area contributed by atoms with E-state index in [4.69, 9.17) is 9.72 Å². The molecule has 37 heavy (non-hydrogen) atoms. The van der Waals surface area contributed by atoms with Crippen molar-refractivity contribution in [2.24, 2.45) is 0 Å². The van der Waals surface area contributed by atoms with Crippen LogP contribution in [0, 0.1) is 6.92 Å². The Morgan fingerprint density at radius 1 is 1.03 bits per heavy atom. The number of nitrogens with one attached hydrogen (secondary N) is 3. The molecule has 1 aliphatic heterocycles. The van der Waals surface area contributed by atoms with Crippen LogP contribution < -0.4 is 10.1 Å². The number of hydrogen-bond acceptors (Lipinski definition) is 8. The summed E-state index contributed by atoms with van der Waals surface area (Å²) in [6.07, 6.45) is 9.37. The second-order valence-electron chi connectivity index (χ2n) is 9.22. The minimum absolute atomic E-state index is 0.207. The molecule has 0 aromatic carbocycles. The first-order valence-corrected chi connectivity index (χ1v) is 13.1. The van der Waals surface area contributed by atoms with Crippen molar-refractivity contribution in [3.05, 3.63) is 60.0 Å². The number of piperidine rings is 1. The minimum Gasteiger partial charge on any atom is -0.489 e. The highest BCUT2D eigenvalue weighted by Crippen LogP contribution is 2.34. The molecule has 0 spiro atoms. The lowest BCUT2D eigenvalue weighted by molar-refractivity contribution is 0.162. The lowest BCUT2D eigenvalue weighted by Crippen LogP contribution is -2.34. The molecule has 7 heterocycles. The van der Waals surface area contributed by atoms with Gasteiger partial charge in [-0.3, -0.25) is 15.1 Å². The molecule has 0 amide bonds. The maximum absolute atomic E-state index is 6.20. The van der Waals surface area contributed by atoms with E-state index >= 15 is 0 Å². The SMILES string of the molecule is Cc1ccc(-c2ccnc3[nH]c(-c4n[nH]c5cnc(-c6cncc(OC7CCNCC7)c6)cc45)nc23)s1. The molecule has 9 nitrogen and oxygen atoms in total. The van der Waals surface area contributed by atoms with Gasteiger partial charge in [0.15, 0.2) is 11.5 Å². The number of aryl methyl sites for hydroxylation is 1. The fraction of sp³-hybridized carbons (Fsp3) is 0.222. The highest BCUT2D eigenvalue weighted by atomic mass is 32.1. The molecular formula is C27H24N8OS. The molecule has 10 heteroatoms. The van der Waals surface area contributed by atoms with Crippen LogP contribution in [0.3, 0.4) is 0 Å². The summed E-state index contributed by atoms with van der Waals surface area (Å²) in [4.78, 5) is 24.3. The quantitative estimate of drug-likeness (QED) is 0.296. The highest BCUT2D eigenvalue weighted by Gasteiger charge is 2.18. The van der Waals surface area contributed by atoms with Crippen LogP contribution in [0.1, 0.15) is 17.7 Å². The largest absolute Gasteiger partial charge is 0.489 e. The van der Waals surface area contributed by atoms with Crippen LogP contribution in [0.5, 0.6) is 5.75 Å². The van der Waals surface area contributed by atoms with E-state index in [1.807, 2.05) is 30.6 Å². The number of H-pyrrole nitrogens is 2. The molecule has 0 atom stereocenters. The molecule has 0 saturated carbocycles. The van der Waals surface area contributed by atoms with E-state index in [1.54, 1.807) is 23.7 Å². The predicted molar refractivity (Wildman–Crippen MR) is 145 cm³/mol. The van der Waals surface area contributed by atoms with Crippen molar-refractivity contribution in [3.63, 3.8) is 0 Å². The molecule has 1 fully saturated rings. The third-order valence-corrected chi connectivity index (χ3v) is 7.69. The van der Waals surface area contributed by atoms with Crippen molar-refractivity contribution in [3.8, 4) is 39.0 Å². The van der Waals surface area contributed by atoms with Crippen LogP contribution in [0.25, 0.3) is 55.3 Å². The van der Waals surface area contributed by atoms with E-state index in [-0.39, 0.29) is 6.10 Å². The van der Waals surface area contributed by atoms with Gasteiger partial charge in [0.2, 0.25) is 0 Å². The summed E-state index contributed by atoms with van der Waals surface area (Å²) in [5, 5.41) is 11.9. The molecule has 6 aromatic rings. The van der Waals surface area contributed by atoms with Gasteiger partial charge in [-0.25, -0.2) is 9.97 Å². The van der Waals surface area contributed by atoms with Crippen LogP contribution in [-0.2, 0) is 0 Å². The number of aromatic nitrogens is 7. The topological polar surface area (TPSA) is 117 Å². The third-order valence-electron chi connectivity index (χ3n) is 6.66. The van der Waals surface area contributed by atoms with E-state index in [9.17, 15) is 0 Å². The molecule has 1 saturated heterocycles. The highest BCUT2D eigenvalue weighted by molar-refractivity contribution is 7.15. The Morgan fingerprint density at radius 3 is 2.81 bits per heavy atom. The Morgan fingerprint density at radius 2 is 1.95 bits per heavy atom. The van der Waals surface area contributed by atoms with Gasteiger partial charge in [0.1, 0.15) is 23.1 Å².